The van der Waals surface area contributed by atoms with E-state index in [0.29, 0.717) is 31.2 Å². The molecule has 6 heteroatoms. The number of amides is 2. The molecule has 1 N–H and O–H groups in total. The molecule has 0 spiro atoms. The summed E-state index contributed by atoms with van der Waals surface area (Å²) in [5, 5.41) is 6.89. The topological polar surface area (TPSA) is 71.3 Å². The van der Waals surface area contributed by atoms with Gasteiger partial charge in [0.1, 0.15) is 0 Å². The Morgan fingerprint density at radius 1 is 1.12 bits per heavy atom. The van der Waals surface area contributed by atoms with Gasteiger partial charge in [0, 0.05) is 32.1 Å². The third-order valence-corrected chi connectivity index (χ3v) is 4.07. The van der Waals surface area contributed by atoms with Gasteiger partial charge in [-0.25, -0.2) is 4.79 Å². The molecule has 26 heavy (non-hydrogen) atoms. The first kappa shape index (κ1) is 17.7. The van der Waals surface area contributed by atoms with Crippen molar-refractivity contribution in [3.05, 3.63) is 71.5 Å². The molecule has 0 radical (unpaired) electrons. The van der Waals surface area contributed by atoms with Crippen LogP contribution in [-0.4, -0.2) is 34.7 Å². The average Bonchev–Trinajstić information content (AvgIpc) is 3.14. The van der Waals surface area contributed by atoms with Crippen LogP contribution in [0.25, 0.3) is 11.5 Å². The molecule has 0 aliphatic rings. The van der Waals surface area contributed by atoms with Crippen LogP contribution in [0.5, 0.6) is 0 Å². The molecular weight excluding hydrogens is 328 g/mol. The molecule has 0 unspecified atom stereocenters. The first-order valence-electron chi connectivity index (χ1n) is 8.54. The van der Waals surface area contributed by atoms with E-state index in [2.05, 4.69) is 15.5 Å². The number of hydrogen-bond acceptors (Lipinski definition) is 4. The van der Waals surface area contributed by atoms with Crippen LogP contribution < -0.4 is 5.32 Å². The number of aryl methyl sites for hydroxylation is 1. The van der Waals surface area contributed by atoms with Crippen molar-refractivity contribution in [2.24, 2.45) is 0 Å². The quantitative estimate of drug-likeness (QED) is 0.739. The maximum absolute atomic E-state index is 12.1. The van der Waals surface area contributed by atoms with Crippen LogP contribution in [0.15, 0.2) is 59.1 Å². The minimum Gasteiger partial charge on any atom is -0.334 e. The maximum atomic E-state index is 12.1. The lowest BCUT2D eigenvalue weighted by molar-refractivity contribution is 0.208. The summed E-state index contributed by atoms with van der Waals surface area (Å²) in [7, 11) is 1.75. The Bertz CT molecular complexity index is 844. The first-order valence-corrected chi connectivity index (χ1v) is 8.54. The van der Waals surface area contributed by atoms with Gasteiger partial charge in [-0.2, -0.15) is 4.98 Å². The normalized spacial score (nSPS) is 10.5. The Morgan fingerprint density at radius 2 is 1.85 bits per heavy atom. The van der Waals surface area contributed by atoms with Gasteiger partial charge in [0.25, 0.3) is 5.89 Å². The largest absolute Gasteiger partial charge is 0.334 e. The summed E-state index contributed by atoms with van der Waals surface area (Å²) < 4.78 is 5.31. The monoisotopic (exact) mass is 350 g/mol. The van der Waals surface area contributed by atoms with Gasteiger partial charge in [0.2, 0.25) is 0 Å². The minimum atomic E-state index is -0.129. The molecule has 1 aromatic heterocycles. The zero-order chi connectivity index (χ0) is 18.4. The molecule has 0 aliphatic heterocycles. The number of aromatic nitrogens is 2. The van der Waals surface area contributed by atoms with Crippen molar-refractivity contribution in [1.29, 1.82) is 0 Å². The lowest BCUT2D eigenvalue weighted by Gasteiger charge is -2.17. The summed E-state index contributed by atoms with van der Waals surface area (Å²) in [4.78, 5) is 18.2. The predicted molar refractivity (Wildman–Crippen MR) is 99.5 cm³/mol. The van der Waals surface area contributed by atoms with Crippen LogP contribution in [0.2, 0.25) is 0 Å². The van der Waals surface area contributed by atoms with Gasteiger partial charge in [-0.05, 0) is 24.6 Å². The summed E-state index contributed by atoms with van der Waals surface area (Å²) in [6.45, 7) is 3.04. The van der Waals surface area contributed by atoms with E-state index in [9.17, 15) is 4.79 Å². The van der Waals surface area contributed by atoms with Crippen molar-refractivity contribution in [3.8, 4) is 11.5 Å². The second-order valence-electron chi connectivity index (χ2n) is 6.20. The Labute approximate surface area is 152 Å². The van der Waals surface area contributed by atoms with Crippen molar-refractivity contribution in [1.82, 2.24) is 20.4 Å². The second kappa shape index (κ2) is 8.29. The zero-order valence-electron chi connectivity index (χ0n) is 15.0. The predicted octanol–water partition coefficient (Wildman–Crippen LogP) is 3.43. The van der Waals surface area contributed by atoms with Gasteiger partial charge in [0.15, 0.2) is 5.82 Å². The molecule has 0 saturated carbocycles. The van der Waals surface area contributed by atoms with Gasteiger partial charge >= 0.3 is 6.03 Å². The summed E-state index contributed by atoms with van der Waals surface area (Å²) in [6, 6.07) is 17.6. The Morgan fingerprint density at radius 3 is 2.58 bits per heavy atom. The van der Waals surface area contributed by atoms with E-state index in [-0.39, 0.29) is 6.03 Å². The van der Waals surface area contributed by atoms with E-state index in [1.807, 2.05) is 61.5 Å². The number of nitrogens with zero attached hydrogens (tertiary/aromatic N) is 3. The van der Waals surface area contributed by atoms with E-state index in [4.69, 9.17) is 4.52 Å². The number of carbonyl (C=O) groups is 1. The lowest BCUT2D eigenvalue weighted by Crippen LogP contribution is -2.38. The van der Waals surface area contributed by atoms with Crippen LogP contribution in [0.4, 0.5) is 4.79 Å². The fraction of sp³-hybridized carbons (Fsp3) is 0.250. The van der Waals surface area contributed by atoms with E-state index in [1.54, 1.807) is 11.9 Å². The standard InChI is InChI=1S/C20H22N4O2/c1-15-8-10-17(11-9-15)19-22-18(23-26-19)12-13-24(2)20(25)21-14-16-6-4-3-5-7-16/h3-11H,12-14H2,1-2H3,(H,21,25). The second-order valence-corrected chi connectivity index (χ2v) is 6.20. The molecule has 1 heterocycles. The van der Waals surface area contributed by atoms with E-state index < -0.39 is 0 Å². The van der Waals surface area contributed by atoms with Crippen molar-refractivity contribution in [2.45, 2.75) is 19.9 Å². The Hall–Kier alpha value is -3.15. The molecule has 3 aromatic rings. The number of benzene rings is 2. The molecule has 134 valence electrons. The van der Waals surface area contributed by atoms with Gasteiger partial charge in [0.05, 0.1) is 0 Å². The number of rotatable bonds is 6. The third kappa shape index (κ3) is 4.69. The smallest absolute Gasteiger partial charge is 0.317 e. The molecule has 0 aliphatic carbocycles. The number of hydrogen-bond donors (Lipinski definition) is 1. The maximum Gasteiger partial charge on any atom is 0.317 e. The fourth-order valence-electron chi connectivity index (χ4n) is 2.45. The third-order valence-electron chi connectivity index (χ3n) is 4.07. The highest BCUT2D eigenvalue weighted by molar-refractivity contribution is 5.73. The Kier molecular flexibility index (Phi) is 5.63. The fourth-order valence-corrected chi connectivity index (χ4v) is 2.45. The molecule has 2 aromatic carbocycles. The molecule has 0 fully saturated rings. The first-order chi connectivity index (χ1) is 12.6. The van der Waals surface area contributed by atoms with Crippen LogP contribution in [0.1, 0.15) is 17.0 Å². The summed E-state index contributed by atoms with van der Waals surface area (Å²) in [5.74, 6) is 1.08. The van der Waals surface area contributed by atoms with Gasteiger partial charge in [-0.3, -0.25) is 0 Å². The van der Waals surface area contributed by atoms with Crippen LogP contribution in [0.3, 0.4) is 0 Å². The van der Waals surface area contributed by atoms with Crippen molar-refractivity contribution < 1.29 is 9.32 Å². The molecule has 3 rings (SSSR count). The lowest BCUT2D eigenvalue weighted by atomic mass is 10.1. The molecule has 0 atom stereocenters. The number of urea groups is 1. The van der Waals surface area contributed by atoms with Gasteiger partial charge < -0.3 is 14.7 Å². The summed E-state index contributed by atoms with van der Waals surface area (Å²) in [6.07, 6.45) is 0.532. The van der Waals surface area contributed by atoms with Crippen LogP contribution in [0, 0.1) is 6.92 Å². The SMILES string of the molecule is Cc1ccc(-c2nc(CCN(C)C(=O)NCc3ccccc3)no2)cc1. The van der Waals surface area contributed by atoms with Crippen molar-refractivity contribution in [3.63, 3.8) is 0 Å². The Balaban J connectivity index is 1.49. The van der Waals surface area contributed by atoms with E-state index in [1.165, 1.54) is 5.56 Å². The highest BCUT2D eigenvalue weighted by atomic mass is 16.5. The average molecular weight is 350 g/mol. The highest BCUT2D eigenvalue weighted by Crippen LogP contribution is 2.17. The summed E-state index contributed by atoms with van der Waals surface area (Å²) >= 11 is 0. The van der Waals surface area contributed by atoms with Crippen molar-refractivity contribution in [2.75, 3.05) is 13.6 Å². The van der Waals surface area contributed by atoms with E-state index in [0.717, 1.165) is 11.1 Å². The molecular formula is C20H22N4O2. The molecule has 0 saturated heterocycles. The number of nitrogens with one attached hydrogen (secondary N) is 1. The zero-order valence-corrected chi connectivity index (χ0v) is 15.0. The van der Waals surface area contributed by atoms with Crippen LogP contribution >= 0.6 is 0 Å². The summed E-state index contributed by atoms with van der Waals surface area (Å²) in [5.41, 5.74) is 3.13. The highest BCUT2D eigenvalue weighted by Gasteiger charge is 2.12. The van der Waals surface area contributed by atoms with Crippen molar-refractivity contribution >= 4 is 6.03 Å². The minimum absolute atomic E-state index is 0.129. The molecule has 2 amide bonds. The number of carbonyl (C=O) groups excluding carboxylic acids is 1. The van der Waals surface area contributed by atoms with Gasteiger partial charge in [-0.1, -0.05) is 53.2 Å². The molecule has 0 bridgehead atoms. The van der Waals surface area contributed by atoms with Crippen LogP contribution in [-0.2, 0) is 13.0 Å². The van der Waals surface area contributed by atoms with Gasteiger partial charge in [-0.15, -0.1) is 0 Å². The molecule has 6 nitrogen and oxygen atoms in total. The van der Waals surface area contributed by atoms with E-state index >= 15 is 0 Å². The number of likely N-dealkylation sites (N-methyl/N-ethyl adjacent to an activating group) is 1.